The lowest BCUT2D eigenvalue weighted by Gasteiger charge is -2.18. The van der Waals surface area contributed by atoms with Crippen LogP contribution in [0, 0.1) is 12.3 Å². The molecule has 0 saturated carbocycles. The molecule has 1 N–H and O–H groups in total. The van der Waals surface area contributed by atoms with E-state index in [1.54, 1.807) is 0 Å². The minimum Gasteiger partial charge on any atom is -0.296 e. The number of anilines is 1. The lowest BCUT2D eigenvalue weighted by atomic mass is 9.92. The standard InChI is InChI=1S/C17H19ClN4O/c1-10-8-12-15(21-14(10)18)22(11-6-5-7-11)16(19-12)20-13(23)9-17(2,3)4/h5-8H,9H2,1-4H3,(H,19,20,23). The number of aryl methyl sites for hydroxylation is 1. The normalized spacial score (nSPS) is 13.9. The highest BCUT2D eigenvalue weighted by atomic mass is 35.5. The van der Waals surface area contributed by atoms with Crippen molar-refractivity contribution in [3.05, 3.63) is 35.0 Å². The number of carbonyl (C=O) groups is 1. The van der Waals surface area contributed by atoms with Crippen LogP contribution in [-0.4, -0.2) is 20.4 Å². The van der Waals surface area contributed by atoms with Gasteiger partial charge in [0.15, 0.2) is 5.65 Å². The van der Waals surface area contributed by atoms with E-state index in [0.29, 0.717) is 28.7 Å². The summed E-state index contributed by atoms with van der Waals surface area (Å²) in [5.41, 5.74) is 3.04. The van der Waals surface area contributed by atoms with Crippen molar-refractivity contribution in [2.24, 2.45) is 5.41 Å². The predicted molar refractivity (Wildman–Crippen MR) is 93.4 cm³/mol. The number of rotatable bonds is 3. The summed E-state index contributed by atoms with van der Waals surface area (Å²) in [5.74, 6) is 0.403. The van der Waals surface area contributed by atoms with Gasteiger partial charge >= 0.3 is 0 Å². The fourth-order valence-electron chi connectivity index (χ4n) is 2.39. The molecule has 0 aliphatic heterocycles. The Morgan fingerprint density at radius 2 is 2.04 bits per heavy atom. The van der Waals surface area contributed by atoms with Crippen LogP contribution in [0.4, 0.5) is 5.95 Å². The van der Waals surface area contributed by atoms with Crippen molar-refractivity contribution in [1.82, 2.24) is 14.5 Å². The monoisotopic (exact) mass is 330 g/mol. The fraction of sp³-hybridized carbons (Fsp3) is 0.353. The zero-order chi connectivity index (χ0) is 16.8. The zero-order valence-corrected chi connectivity index (χ0v) is 14.4. The summed E-state index contributed by atoms with van der Waals surface area (Å²) in [4.78, 5) is 21.2. The van der Waals surface area contributed by atoms with E-state index in [1.807, 2.05) is 56.6 Å². The van der Waals surface area contributed by atoms with Gasteiger partial charge in [0.1, 0.15) is 10.7 Å². The molecule has 6 heteroatoms. The number of hydrogen-bond donors (Lipinski definition) is 1. The molecule has 120 valence electrons. The first-order valence-electron chi connectivity index (χ1n) is 7.49. The average molecular weight is 331 g/mol. The molecule has 3 rings (SSSR count). The van der Waals surface area contributed by atoms with Crippen molar-refractivity contribution < 1.29 is 4.79 Å². The number of hydrogen-bond acceptors (Lipinski definition) is 3. The lowest BCUT2D eigenvalue weighted by Crippen LogP contribution is -2.21. The van der Waals surface area contributed by atoms with Crippen LogP contribution in [0.15, 0.2) is 24.3 Å². The maximum atomic E-state index is 12.3. The molecule has 0 saturated heterocycles. The van der Waals surface area contributed by atoms with Crippen molar-refractivity contribution in [3.63, 3.8) is 0 Å². The SMILES string of the molecule is Cc1cc2nc(NC(=O)CC(C)(C)C)n(C3=CC=C3)c2nc1Cl. The molecule has 0 aromatic carbocycles. The van der Waals surface area contributed by atoms with Gasteiger partial charge in [-0.3, -0.25) is 14.7 Å². The molecule has 0 fully saturated rings. The van der Waals surface area contributed by atoms with Crippen LogP contribution in [0.3, 0.4) is 0 Å². The van der Waals surface area contributed by atoms with Crippen LogP contribution in [0.25, 0.3) is 16.9 Å². The number of nitrogens with one attached hydrogen (secondary N) is 1. The van der Waals surface area contributed by atoms with Crippen LogP contribution in [0.2, 0.25) is 5.15 Å². The molecular formula is C17H19ClN4O. The summed E-state index contributed by atoms with van der Waals surface area (Å²) in [6.45, 7) is 7.96. The average Bonchev–Trinajstić information content (AvgIpc) is 2.64. The van der Waals surface area contributed by atoms with E-state index in [4.69, 9.17) is 11.6 Å². The second-order valence-electron chi connectivity index (χ2n) is 6.95. The topological polar surface area (TPSA) is 59.8 Å². The van der Waals surface area contributed by atoms with Gasteiger partial charge in [-0.05, 0) is 36.1 Å². The van der Waals surface area contributed by atoms with Gasteiger partial charge in [0.05, 0.1) is 5.70 Å². The Morgan fingerprint density at radius 3 is 2.61 bits per heavy atom. The maximum Gasteiger partial charge on any atom is 0.227 e. The van der Waals surface area contributed by atoms with Gasteiger partial charge in [-0.2, -0.15) is 0 Å². The second-order valence-corrected chi connectivity index (χ2v) is 7.30. The Labute approximate surface area is 140 Å². The molecule has 1 aliphatic carbocycles. The molecule has 0 bridgehead atoms. The zero-order valence-electron chi connectivity index (χ0n) is 13.6. The van der Waals surface area contributed by atoms with Gasteiger partial charge in [-0.1, -0.05) is 38.4 Å². The molecule has 0 unspecified atom stereocenters. The molecule has 1 amide bonds. The van der Waals surface area contributed by atoms with Gasteiger partial charge in [0, 0.05) is 6.42 Å². The van der Waals surface area contributed by atoms with Gasteiger partial charge in [-0.25, -0.2) is 9.97 Å². The summed E-state index contributed by atoms with van der Waals surface area (Å²) >= 11 is 6.15. The highest BCUT2D eigenvalue weighted by Crippen LogP contribution is 2.29. The molecule has 5 nitrogen and oxygen atoms in total. The molecule has 0 radical (unpaired) electrons. The van der Waals surface area contributed by atoms with Crippen molar-refractivity contribution in [2.75, 3.05) is 5.32 Å². The van der Waals surface area contributed by atoms with Crippen molar-refractivity contribution in [1.29, 1.82) is 0 Å². The molecule has 2 aromatic rings. The van der Waals surface area contributed by atoms with Crippen LogP contribution in [0.1, 0.15) is 32.8 Å². The van der Waals surface area contributed by atoms with E-state index in [-0.39, 0.29) is 11.3 Å². The molecule has 23 heavy (non-hydrogen) atoms. The first-order valence-corrected chi connectivity index (χ1v) is 7.86. The lowest BCUT2D eigenvalue weighted by molar-refractivity contribution is -0.117. The second kappa shape index (κ2) is 5.49. The Kier molecular flexibility index (Phi) is 3.76. The summed E-state index contributed by atoms with van der Waals surface area (Å²) in [6, 6.07) is 1.88. The quantitative estimate of drug-likeness (QED) is 0.859. The summed E-state index contributed by atoms with van der Waals surface area (Å²) in [7, 11) is 0. The number of imidazole rings is 1. The first-order chi connectivity index (χ1) is 10.7. The van der Waals surface area contributed by atoms with E-state index in [9.17, 15) is 4.79 Å². The van der Waals surface area contributed by atoms with Crippen LogP contribution < -0.4 is 5.32 Å². The third kappa shape index (κ3) is 3.15. The van der Waals surface area contributed by atoms with Gasteiger partial charge in [0.2, 0.25) is 11.9 Å². The third-order valence-corrected chi connectivity index (χ3v) is 3.88. The smallest absolute Gasteiger partial charge is 0.227 e. The Balaban J connectivity index is 2.04. The Hall–Kier alpha value is -2.14. The number of carbonyl (C=O) groups excluding carboxylic acids is 1. The molecular weight excluding hydrogens is 312 g/mol. The molecule has 1 aliphatic rings. The predicted octanol–water partition coefficient (Wildman–Crippen LogP) is 4.18. The summed E-state index contributed by atoms with van der Waals surface area (Å²) < 4.78 is 1.82. The fourth-order valence-corrected chi connectivity index (χ4v) is 2.52. The number of amides is 1. The summed E-state index contributed by atoms with van der Waals surface area (Å²) in [6.07, 6.45) is 6.22. The first kappa shape index (κ1) is 15.7. The van der Waals surface area contributed by atoms with Gasteiger partial charge in [0.25, 0.3) is 0 Å². The molecule has 2 aromatic heterocycles. The van der Waals surface area contributed by atoms with Gasteiger partial charge < -0.3 is 0 Å². The van der Waals surface area contributed by atoms with Crippen molar-refractivity contribution >= 4 is 40.3 Å². The minimum absolute atomic E-state index is 0.0687. The van der Waals surface area contributed by atoms with E-state index in [2.05, 4.69) is 15.3 Å². The van der Waals surface area contributed by atoms with E-state index >= 15 is 0 Å². The van der Waals surface area contributed by atoms with Crippen LogP contribution >= 0.6 is 11.6 Å². The number of fused-ring (bicyclic) bond motifs is 1. The number of aromatic nitrogens is 3. The summed E-state index contributed by atoms with van der Waals surface area (Å²) in [5, 5.41) is 3.34. The minimum atomic E-state index is -0.0886. The molecule has 0 atom stereocenters. The Bertz CT molecular complexity index is 856. The number of halogens is 1. The molecule has 2 heterocycles. The highest BCUT2D eigenvalue weighted by Gasteiger charge is 2.21. The van der Waals surface area contributed by atoms with Crippen molar-refractivity contribution in [2.45, 2.75) is 34.1 Å². The van der Waals surface area contributed by atoms with Crippen LogP contribution in [0.5, 0.6) is 0 Å². The Morgan fingerprint density at radius 1 is 1.35 bits per heavy atom. The third-order valence-electron chi connectivity index (χ3n) is 3.50. The highest BCUT2D eigenvalue weighted by molar-refractivity contribution is 6.30. The van der Waals surface area contributed by atoms with Gasteiger partial charge in [-0.15, -0.1) is 0 Å². The van der Waals surface area contributed by atoms with E-state index in [1.165, 1.54) is 0 Å². The number of allylic oxidation sites excluding steroid dienone is 4. The van der Waals surface area contributed by atoms with E-state index in [0.717, 1.165) is 11.3 Å². The number of pyridine rings is 1. The number of nitrogens with zero attached hydrogens (tertiary/aromatic N) is 3. The largest absolute Gasteiger partial charge is 0.296 e. The van der Waals surface area contributed by atoms with E-state index < -0.39 is 0 Å². The molecule has 0 spiro atoms. The van der Waals surface area contributed by atoms with Crippen molar-refractivity contribution in [3.8, 4) is 0 Å². The van der Waals surface area contributed by atoms with Crippen LogP contribution in [-0.2, 0) is 4.79 Å². The maximum absolute atomic E-state index is 12.3.